The Balaban J connectivity index is 1.48. The summed E-state index contributed by atoms with van der Waals surface area (Å²) in [6.45, 7) is 5.09. The summed E-state index contributed by atoms with van der Waals surface area (Å²) in [6, 6.07) is 16.3. The molecule has 0 aliphatic carbocycles. The summed E-state index contributed by atoms with van der Waals surface area (Å²) < 4.78 is 24.1. The predicted molar refractivity (Wildman–Crippen MR) is 102 cm³/mol. The van der Waals surface area contributed by atoms with Crippen LogP contribution in [-0.2, 0) is 20.8 Å². The summed E-state index contributed by atoms with van der Waals surface area (Å²) in [7, 11) is 0. The van der Waals surface area contributed by atoms with Crippen LogP contribution in [0.2, 0.25) is 0 Å². The first kappa shape index (κ1) is 19.3. The molecule has 1 atom stereocenters. The normalized spacial score (nSPS) is 18.3. The summed E-state index contributed by atoms with van der Waals surface area (Å²) in [5.41, 5.74) is 2.78. The van der Waals surface area contributed by atoms with Crippen molar-refractivity contribution in [2.45, 2.75) is 19.6 Å². The number of carbonyl (C=O) groups is 1. The number of ether oxygens (including phenoxy) is 2. The van der Waals surface area contributed by atoms with Crippen molar-refractivity contribution in [2.24, 2.45) is 0 Å². The quantitative estimate of drug-likeness (QED) is 0.575. The summed E-state index contributed by atoms with van der Waals surface area (Å²) in [4.78, 5) is 14.4. The first-order valence-electron chi connectivity index (χ1n) is 9.09. The van der Waals surface area contributed by atoms with E-state index in [1.165, 1.54) is 23.8 Å². The van der Waals surface area contributed by atoms with Crippen LogP contribution in [0.3, 0.4) is 0 Å². The van der Waals surface area contributed by atoms with Crippen LogP contribution in [0.1, 0.15) is 18.1 Å². The molecule has 142 valence electrons. The summed E-state index contributed by atoms with van der Waals surface area (Å²) in [5, 5.41) is 0. The number of benzene rings is 2. The van der Waals surface area contributed by atoms with Crippen molar-refractivity contribution in [3.63, 3.8) is 0 Å². The van der Waals surface area contributed by atoms with E-state index in [-0.39, 0.29) is 18.5 Å². The van der Waals surface area contributed by atoms with Crippen molar-refractivity contribution in [1.29, 1.82) is 0 Å². The van der Waals surface area contributed by atoms with E-state index >= 15 is 0 Å². The minimum absolute atomic E-state index is 0.133. The molecule has 3 rings (SSSR count). The van der Waals surface area contributed by atoms with Crippen molar-refractivity contribution >= 4 is 11.5 Å². The number of carbonyl (C=O) groups excluding carboxylic acids is 1. The zero-order valence-electron chi connectivity index (χ0n) is 15.4. The van der Waals surface area contributed by atoms with Crippen LogP contribution in [0, 0.1) is 5.82 Å². The lowest BCUT2D eigenvalue weighted by Gasteiger charge is -2.32. The fourth-order valence-corrected chi connectivity index (χ4v) is 3.06. The van der Waals surface area contributed by atoms with Gasteiger partial charge in [-0.2, -0.15) is 0 Å². The van der Waals surface area contributed by atoms with Crippen LogP contribution in [-0.4, -0.2) is 43.3 Å². The summed E-state index contributed by atoms with van der Waals surface area (Å²) >= 11 is 0. The Labute approximate surface area is 159 Å². The Morgan fingerprint density at radius 3 is 2.70 bits per heavy atom. The topological polar surface area (TPSA) is 38.8 Å². The number of halogens is 1. The molecule has 0 aromatic heterocycles. The van der Waals surface area contributed by atoms with Gasteiger partial charge in [-0.15, -0.1) is 0 Å². The highest BCUT2D eigenvalue weighted by molar-refractivity contribution is 5.90. The van der Waals surface area contributed by atoms with Gasteiger partial charge in [0.1, 0.15) is 18.5 Å². The molecule has 0 amide bonds. The first-order chi connectivity index (χ1) is 13.1. The molecule has 1 fully saturated rings. The molecule has 2 aromatic carbocycles. The number of hydrogen-bond acceptors (Lipinski definition) is 4. The zero-order valence-corrected chi connectivity index (χ0v) is 15.4. The van der Waals surface area contributed by atoms with Crippen LogP contribution in [0.5, 0.6) is 0 Å². The Kier molecular flexibility index (Phi) is 6.74. The number of hydrogen-bond donors (Lipinski definition) is 0. The maximum atomic E-state index is 13.0. The van der Waals surface area contributed by atoms with Crippen LogP contribution < -0.4 is 0 Å². The monoisotopic (exact) mass is 369 g/mol. The molecule has 0 N–H and O–H groups in total. The van der Waals surface area contributed by atoms with Gasteiger partial charge in [0.2, 0.25) is 0 Å². The van der Waals surface area contributed by atoms with Crippen molar-refractivity contribution in [3.05, 3.63) is 77.6 Å². The molecule has 0 saturated carbocycles. The lowest BCUT2D eigenvalue weighted by Crippen LogP contribution is -2.44. The Morgan fingerprint density at radius 2 is 1.96 bits per heavy atom. The van der Waals surface area contributed by atoms with Crippen molar-refractivity contribution in [1.82, 2.24) is 4.90 Å². The Hall–Kier alpha value is -2.50. The maximum Gasteiger partial charge on any atom is 0.331 e. The average molecular weight is 369 g/mol. The minimum Gasteiger partial charge on any atom is -0.460 e. The molecule has 1 saturated heterocycles. The van der Waals surface area contributed by atoms with Gasteiger partial charge >= 0.3 is 5.97 Å². The molecule has 4 nitrogen and oxygen atoms in total. The molecule has 5 heteroatoms. The number of morpholine rings is 1. The molecule has 27 heavy (non-hydrogen) atoms. The molecule has 0 radical (unpaired) electrons. The highest BCUT2D eigenvalue weighted by Crippen LogP contribution is 2.15. The molecular formula is C22H24FNO3. The Bertz CT molecular complexity index is 774. The third kappa shape index (κ3) is 6.01. The second-order valence-corrected chi connectivity index (χ2v) is 6.68. The van der Waals surface area contributed by atoms with Crippen molar-refractivity contribution in [2.75, 3.05) is 26.3 Å². The first-order valence-corrected chi connectivity index (χ1v) is 9.09. The van der Waals surface area contributed by atoms with E-state index in [1.54, 1.807) is 19.1 Å². The van der Waals surface area contributed by atoms with Gasteiger partial charge in [0.05, 0.1) is 6.61 Å². The molecule has 2 aromatic rings. The van der Waals surface area contributed by atoms with Crippen molar-refractivity contribution < 1.29 is 18.7 Å². The van der Waals surface area contributed by atoms with E-state index in [1.807, 2.05) is 18.2 Å². The second kappa shape index (κ2) is 9.44. The van der Waals surface area contributed by atoms with Gasteiger partial charge in [-0.05, 0) is 35.8 Å². The number of esters is 1. The van der Waals surface area contributed by atoms with Gasteiger partial charge in [-0.3, -0.25) is 4.90 Å². The van der Waals surface area contributed by atoms with Crippen LogP contribution in [0.15, 0.2) is 60.7 Å². The average Bonchev–Trinajstić information content (AvgIpc) is 2.68. The van der Waals surface area contributed by atoms with E-state index in [4.69, 9.17) is 9.47 Å². The zero-order chi connectivity index (χ0) is 19.1. The van der Waals surface area contributed by atoms with Gasteiger partial charge in [0, 0.05) is 25.7 Å². The van der Waals surface area contributed by atoms with E-state index in [9.17, 15) is 9.18 Å². The molecular weight excluding hydrogens is 345 g/mol. The van der Waals surface area contributed by atoms with Gasteiger partial charge < -0.3 is 9.47 Å². The number of allylic oxidation sites excluding steroid dienone is 1. The molecule has 1 aliphatic heterocycles. The third-order valence-corrected chi connectivity index (χ3v) is 4.52. The highest BCUT2D eigenvalue weighted by atomic mass is 19.1. The van der Waals surface area contributed by atoms with E-state index in [0.717, 1.165) is 30.8 Å². The van der Waals surface area contributed by atoms with E-state index in [2.05, 4.69) is 17.0 Å². The molecule has 1 heterocycles. The molecule has 0 bridgehead atoms. The van der Waals surface area contributed by atoms with E-state index < -0.39 is 5.97 Å². The third-order valence-electron chi connectivity index (χ3n) is 4.52. The molecule has 1 aliphatic rings. The summed E-state index contributed by atoms with van der Waals surface area (Å²) in [6.07, 6.45) is 1.29. The predicted octanol–water partition coefficient (Wildman–Crippen LogP) is 3.67. The van der Waals surface area contributed by atoms with Crippen LogP contribution in [0.25, 0.3) is 5.57 Å². The summed E-state index contributed by atoms with van der Waals surface area (Å²) in [5.74, 6) is -0.718. The highest BCUT2D eigenvalue weighted by Gasteiger charge is 2.21. The second-order valence-electron chi connectivity index (χ2n) is 6.68. The van der Waals surface area contributed by atoms with E-state index in [0.29, 0.717) is 6.61 Å². The molecule has 0 spiro atoms. The maximum absolute atomic E-state index is 13.0. The van der Waals surface area contributed by atoms with Gasteiger partial charge in [0.15, 0.2) is 0 Å². The standard InChI is InChI=1S/C22H24FNO3/c1-17(19-7-9-20(23)10-8-19)13-22(25)27-16-21-15-24(11-12-26-21)14-18-5-3-2-4-6-18/h2-10,13,21H,11-12,14-16H2,1H3. The van der Waals surface area contributed by atoms with Gasteiger partial charge in [0.25, 0.3) is 0 Å². The smallest absolute Gasteiger partial charge is 0.331 e. The fourth-order valence-electron chi connectivity index (χ4n) is 3.06. The Morgan fingerprint density at radius 1 is 1.22 bits per heavy atom. The largest absolute Gasteiger partial charge is 0.460 e. The van der Waals surface area contributed by atoms with Crippen LogP contribution >= 0.6 is 0 Å². The van der Waals surface area contributed by atoms with Crippen LogP contribution in [0.4, 0.5) is 4.39 Å². The van der Waals surface area contributed by atoms with Crippen molar-refractivity contribution in [3.8, 4) is 0 Å². The number of rotatable bonds is 6. The SMILES string of the molecule is CC(=CC(=O)OCC1CN(Cc2ccccc2)CCO1)c1ccc(F)cc1. The minimum atomic E-state index is -0.416. The van der Waals surface area contributed by atoms with Gasteiger partial charge in [-0.25, -0.2) is 9.18 Å². The fraction of sp³-hybridized carbons (Fsp3) is 0.318. The lowest BCUT2D eigenvalue weighted by molar-refractivity contribution is -0.144. The molecule has 1 unspecified atom stereocenters. The lowest BCUT2D eigenvalue weighted by atomic mass is 10.1. The number of nitrogens with zero attached hydrogens (tertiary/aromatic N) is 1. The van der Waals surface area contributed by atoms with Gasteiger partial charge in [-0.1, -0.05) is 42.5 Å².